The third-order valence-electron chi connectivity index (χ3n) is 2.96. The summed E-state index contributed by atoms with van der Waals surface area (Å²) in [6.45, 7) is 2.32. The highest BCUT2D eigenvalue weighted by Crippen LogP contribution is 2.34. The fourth-order valence-corrected chi connectivity index (χ4v) is 2.75. The van der Waals surface area contributed by atoms with Gasteiger partial charge in [-0.05, 0) is 24.6 Å². The Hall–Kier alpha value is -1.83. The van der Waals surface area contributed by atoms with Crippen LogP contribution in [-0.4, -0.2) is 22.4 Å². The topological polar surface area (TPSA) is 44.1 Å². The smallest absolute Gasteiger partial charge is 0.435 e. The third kappa shape index (κ3) is 3.68. The molecule has 2 heterocycles. The number of ether oxygens (including phenoxy) is 1. The number of thiophene rings is 1. The summed E-state index contributed by atoms with van der Waals surface area (Å²) in [5.41, 5.74) is -0.643. The summed E-state index contributed by atoms with van der Waals surface area (Å²) >= 11 is 1.09. The Morgan fingerprint density at radius 1 is 1.41 bits per heavy atom. The van der Waals surface area contributed by atoms with E-state index in [0.717, 1.165) is 34.9 Å². The van der Waals surface area contributed by atoms with Crippen molar-refractivity contribution in [2.24, 2.45) is 7.05 Å². The Kier molecular flexibility index (Phi) is 4.90. The molecule has 0 aliphatic carbocycles. The lowest BCUT2D eigenvalue weighted by Gasteiger charge is -2.01. The molecule has 4 nitrogen and oxygen atoms in total. The number of carbonyl (C=O) groups excluding carboxylic acids is 1. The normalized spacial score (nSPS) is 11.7. The summed E-state index contributed by atoms with van der Waals surface area (Å²) in [4.78, 5) is 12.7. The summed E-state index contributed by atoms with van der Waals surface area (Å²) in [5.74, 6) is -0.456. The van der Waals surface area contributed by atoms with Gasteiger partial charge < -0.3 is 4.74 Å². The Morgan fingerprint density at radius 2 is 2.14 bits per heavy atom. The molecule has 0 N–H and O–H groups in total. The molecule has 0 atom stereocenters. The number of esters is 1. The summed E-state index contributed by atoms with van der Waals surface area (Å²) in [7, 11) is 1.43. The lowest BCUT2D eigenvalue weighted by atomic mass is 10.3. The van der Waals surface area contributed by atoms with Crippen molar-refractivity contribution in [3.8, 4) is 10.6 Å². The molecule has 0 saturated carbocycles. The molecule has 0 saturated heterocycles. The van der Waals surface area contributed by atoms with Crippen LogP contribution in [0, 0.1) is 0 Å². The van der Waals surface area contributed by atoms with Crippen LogP contribution in [0.25, 0.3) is 10.6 Å². The Bertz CT molecular complexity index is 661. The first-order chi connectivity index (χ1) is 10.3. The van der Waals surface area contributed by atoms with E-state index >= 15 is 0 Å². The maximum atomic E-state index is 12.7. The van der Waals surface area contributed by atoms with Gasteiger partial charge in [0.05, 0.1) is 17.2 Å². The number of hydrogen-bond donors (Lipinski definition) is 0. The minimum absolute atomic E-state index is 0.310. The highest BCUT2D eigenvalue weighted by molar-refractivity contribution is 7.17. The average Bonchev–Trinajstić information content (AvgIpc) is 3.04. The van der Waals surface area contributed by atoms with Crippen LogP contribution < -0.4 is 0 Å². The van der Waals surface area contributed by atoms with E-state index in [-0.39, 0.29) is 0 Å². The number of nitrogens with zero attached hydrogens (tertiary/aromatic N) is 2. The first-order valence-corrected chi connectivity index (χ1v) is 7.53. The second-order valence-corrected chi connectivity index (χ2v) is 5.77. The highest BCUT2D eigenvalue weighted by atomic mass is 32.1. The molecule has 22 heavy (non-hydrogen) atoms. The van der Waals surface area contributed by atoms with Crippen molar-refractivity contribution in [3.05, 3.63) is 28.8 Å². The molecule has 0 bridgehead atoms. The van der Waals surface area contributed by atoms with E-state index in [1.165, 1.54) is 7.05 Å². The minimum atomic E-state index is -4.49. The van der Waals surface area contributed by atoms with Crippen LogP contribution in [-0.2, 0) is 18.0 Å². The molecule has 2 rings (SSSR count). The molecular weight excluding hydrogens is 317 g/mol. The molecule has 8 heteroatoms. The molecule has 120 valence electrons. The van der Waals surface area contributed by atoms with Gasteiger partial charge in [0.25, 0.3) is 0 Å². The van der Waals surface area contributed by atoms with Crippen molar-refractivity contribution < 1.29 is 22.7 Å². The maximum Gasteiger partial charge on any atom is 0.435 e. The zero-order valence-electron chi connectivity index (χ0n) is 12.1. The Morgan fingerprint density at radius 3 is 2.73 bits per heavy atom. The van der Waals surface area contributed by atoms with Crippen LogP contribution in [0.4, 0.5) is 13.2 Å². The monoisotopic (exact) mass is 332 g/mol. The number of halogens is 3. The van der Waals surface area contributed by atoms with Crippen molar-refractivity contribution >= 4 is 17.3 Å². The fourth-order valence-electron chi connectivity index (χ4n) is 1.80. The average molecular weight is 332 g/mol. The Labute approximate surface area is 129 Å². The van der Waals surface area contributed by atoms with Gasteiger partial charge in [-0.25, -0.2) is 4.79 Å². The molecule has 0 amide bonds. The molecule has 0 fully saturated rings. The van der Waals surface area contributed by atoms with E-state index in [1.54, 1.807) is 12.1 Å². The first-order valence-electron chi connectivity index (χ1n) is 6.71. The van der Waals surface area contributed by atoms with Crippen molar-refractivity contribution in [2.75, 3.05) is 6.61 Å². The molecule has 2 aromatic rings. The van der Waals surface area contributed by atoms with Gasteiger partial charge in [0.1, 0.15) is 4.88 Å². The van der Waals surface area contributed by atoms with Crippen LogP contribution >= 0.6 is 11.3 Å². The predicted molar refractivity (Wildman–Crippen MR) is 76.7 cm³/mol. The van der Waals surface area contributed by atoms with Gasteiger partial charge in [-0.15, -0.1) is 11.3 Å². The van der Waals surface area contributed by atoms with Gasteiger partial charge in [0.15, 0.2) is 5.69 Å². The van der Waals surface area contributed by atoms with Crippen LogP contribution in [0.3, 0.4) is 0 Å². The molecule has 0 radical (unpaired) electrons. The molecule has 0 aliphatic rings. The summed E-state index contributed by atoms with van der Waals surface area (Å²) in [5, 5.41) is 3.46. The molecule has 0 spiro atoms. The third-order valence-corrected chi connectivity index (χ3v) is 4.05. The van der Waals surface area contributed by atoms with Crippen LogP contribution in [0.15, 0.2) is 18.2 Å². The Balaban J connectivity index is 2.18. The van der Waals surface area contributed by atoms with Crippen molar-refractivity contribution in [1.29, 1.82) is 0 Å². The number of unbranched alkanes of at least 4 members (excludes halogenated alkanes) is 1. The largest absolute Gasteiger partial charge is 0.462 e. The number of alkyl halides is 3. The van der Waals surface area contributed by atoms with Crippen molar-refractivity contribution in [3.63, 3.8) is 0 Å². The summed E-state index contributed by atoms with van der Waals surface area (Å²) < 4.78 is 44.2. The van der Waals surface area contributed by atoms with Gasteiger partial charge in [-0.2, -0.15) is 18.3 Å². The zero-order valence-corrected chi connectivity index (χ0v) is 12.9. The van der Waals surface area contributed by atoms with Gasteiger partial charge in [-0.3, -0.25) is 4.68 Å². The molecule has 0 aromatic carbocycles. The number of aryl methyl sites for hydroxylation is 1. The van der Waals surface area contributed by atoms with Crippen molar-refractivity contribution in [2.45, 2.75) is 25.9 Å². The minimum Gasteiger partial charge on any atom is -0.462 e. The standard InChI is InChI=1S/C14H15F3N2O2S/c1-3-4-7-21-13(20)11-6-5-10(22-11)9-8-12(14(15,16)17)18-19(9)2/h5-6,8H,3-4,7H2,1-2H3. The van der Waals surface area contributed by atoms with E-state index in [2.05, 4.69) is 5.10 Å². The van der Waals surface area contributed by atoms with E-state index in [4.69, 9.17) is 4.74 Å². The SMILES string of the molecule is CCCCOC(=O)c1ccc(-c2cc(C(F)(F)F)nn2C)s1. The number of carbonyl (C=O) groups is 1. The molecular formula is C14H15F3N2O2S. The summed E-state index contributed by atoms with van der Waals surface area (Å²) in [6.07, 6.45) is -2.80. The summed E-state index contributed by atoms with van der Waals surface area (Å²) in [6, 6.07) is 4.12. The van der Waals surface area contributed by atoms with Crippen LogP contribution in [0.2, 0.25) is 0 Å². The maximum absolute atomic E-state index is 12.7. The van der Waals surface area contributed by atoms with Gasteiger partial charge >= 0.3 is 12.1 Å². The second kappa shape index (κ2) is 6.51. The highest BCUT2D eigenvalue weighted by Gasteiger charge is 2.34. The number of aromatic nitrogens is 2. The number of rotatable bonds is 5. The predicted octanol–water partition coefficient (Wildman–Crippen LogP) is 4.12. The van der Waals surface area contributed by atoms with E-state index in [1.807, 2.05) is 6.92 Å². The van der Waals surface area contributed by atoms with Crippen LogP contribution in [0.5, 0.6) is 0 Å². The molecule has 0 aliphatic heterocycles. The van der Waals surface area contributed by atoms with Crippen LogP contribution in [0.1, 0.15) is 35.1 Å². The second-order valence-electron chi connectivity index (χ2n) is 4.69. The van der Waals surface area contributed by atoms with Gasteiger partial charge in [0, 0.05) is 7.05 Å². The lowest BCUT2D eigenvalue weighted by molar-refractivity contribution is -0.141. The van der Waals surface area contributed by atoms with E-state index in [9.17, 15) is 18.0 Å². The zero-order chi connectivity index (χ0) is 16.3. The fraction of sp³-hybridized carbons (Fsp3) is 0.429. The quantitative estimate of drug-likeness (QED) is 0.611. The van der Waals surface area contributed by atoms with Crippen molar-refractivity contribution in [1.82, 2.24) is 9.78 Å². The number of hydrogen-bond acceptors (Lipinski definition) is 4. The van der Waals surface area contributed by atoms with Gasteiger partial charge in [-0.1, -0.05) is 13.3 Å². The van der Waals surface area contributed by atoms with E-state index < -0.39 is 17.8 Å². The van der Waals surface area contributed by atoms with Gasteiger partial charge in [0.2, 0.25) is 0 Å². The lowest BCUT2D eigenvalue weighted by Crippen LogP contribution is -2.06. The van der Waals surface area contributed by atoms with E-state index in [0.29, 0.717) is 22.1 Å². The molecule has 2 aromatic heterocycles. The molecule has 0 unspecified atom stereocenters. The first kappa shape index (κ1) is 16.5.